The Morgan fingerprint density at radius 2 is 1.81 bits per heavy atom. The lowest BCUT2D eigenvalue weighted by Crippen LogP contribution is -2.50. The third-order valence-electron chi connectivity index (χ3n) is 5.98. The zero-order chi connectivity index (χ0) is 22.0. The van der Waals surface area contributed by atoms with E-state index in [9.17, 15) is 4.79 Å². The molecule has 1 N–H and O–H groups in total. The maximum Gasteiger partial charge on any atom is 0.410 e. The molecular formula is C24H33ClN4O2. The van der Waals surface area contributed by atoms with Crippen molar-refractivity contribution in [2.24, 2.45) is 0 Å². The first-order valence-electron chi connectivity index (χ1n) is 11.4. The van der Waals surface area contributed by atoms with Gasteiger partial charge < -0.3 is 19.9 Å². The number of carbonyl (C=O) groups is 1. The Labute approximate surface area is 189 Å². The van der Waals surface area contributed by atoms with Crippen molar-refractivity contribution >= 4 is 40.1 Å². The Balaban J connectivity index is 1.54. The van der Waals surface area contributed by atoms with Crippen molar-refractivity contribution in [1.82, 2.24) is 9.88 Å². The van der Waals surface area contributed by atoms with E-state index in [0.29, 0.717) is 24.2 Å². The number of fused-ring (bicyclic) bond motifs is 1. The second kappa shape index (κ2) is 9.11. The van der Waals surface area contributed by atoms with E-state index in [1.807, 2.05) is 39.0 Å². The molecule has 1 aliphatic carbocycles. The lowest BCUT2D eigenvalue weighted by Gasteiger charge is -2.37. The van der Waals surface area contributed by atoms with Gasteiger partial charge in [0.25, 0.3) is 0 Å². The van der Waals surface area contributed by atoms with Gasteiger partial charge in [-0.2, -0.15) is 0 Å². The van der Waals surface area contributed by atoms with Crippen LogP contribution in [0.5, 0.6) is 0 Å². The molecule has 0 atom stereocenters. The standard InChI is InChI=1S/C24H33ClN4O2/c1-24(2,3)31-23(30)29-13-11-28(12-14-29)21-16-22(26-18-7-5-4-6-8-18)27-20-15-17(25)9-10-19(20)21/h9-10,15-16,18H,4-8,11-14H2,1-3H3,(H,26,27). The van der Waals surface area contributed by atoms with Crippen LogP contribution in [0.3, 0.4) is 0 Å². The van der Waals surface area contributed by atoms with Crippen LogP contribution in [0.15, 0.2) is 24.3 Å². The molecule has 4 rings (SSSR count). The summed E-state index contributed by atoms with van der Waals surface area (Å²) in [7, 11) is 0. The van der Waals surface area contributed by atoms with E-state index in [4.69, 9.17) is 21.3 Å². The molecule has 0 bridgehead atoms. The largest absolute Gasteiger partial charge is 0.444 e. The minimum Gasteiger partial charge on any atom is -0.444 e. The summed E-state index contributed by atoms with van der Waals surface area (Å²) < 4.78 is 5.54. The van der Waals surface area contributed by atoms with E-state index < -0.39 is 5.60 Å². The van der Waals surface area contributed by atoms with Crippen molar-refractivity contribution in [3.8, 4) is 0 Å². The number of rotatable bonds is 3. The number of ether oxygens (including phenoxy) is 1. The minimum atomic E-state index is -0.478. The van der Waals surface area contributed by atoms with Crippen molar-refractivity contribution in [1.29, 1.82) is 0 Å². The second-order valence-corrected chi connectivity index (χ2v) is 10.1. The van der Waals surface area contributed by atoms with Crippen LogP contribution < -0.4 is 10.2 Å². The molecule has 1 aliphatic heterocycles. The summed E-state index contributed by atoms with van der Waals surface area (Å²) in [5.74, 6) is 0.909. The van der Waals surface area contributed by atoms with Crippen LogP contribution in [-0.2, 0) is 4.74 Å². The number of amides is 1. The van der Waals surface area contributed by atoms with Gasteiger partial charge in [0.1, 0.15) is 11.4 Å². The fourth-order valence-corrected chi connectivity index (χ4v) is 4.60. The maximum atomic E-state index is 12.4. The molecule has 2 aromatic rings. The first-order valence-corrected chi connectivity index (χ1v) is 11.8. The minimum absolute atomic E-state index is 0.238. The van der Waals surface area contributed by atoms with Gasteiger partial charge in [-0.15, -0.1) is 0 Å². The molecule has 31 heavy (non-hydrogen) atoms. The summed E-state index contributed by atoms with van der Waals surface area (Å²) in [6, 6.07) is 8.54. The zero-order valence-corrected chi connectivity index (χ0v) is 19.5. The average molecular weight is 445 g/mol. The highest BCUT2D eigenvalue weighted by atomic mass is 35.5. The van der Waals surface area contributed by atoms with Gasteiger partial charge in [0, 0.05) is 54.4 Å². The molecular weight excluding hydrogens is 412 g/mol. The van der Waals surface area contributed by atoms with Gasteiger partial charge in [-0.25, -0.2) is 9.78 Å². The van der Waals surface area contributed by atoms with Crippen LogP contribution >= 0.6 is 11.6 Å². The molecule has 1 amide bonds. The lowest BCUT2D eigenvalue weighted by atomic mass is 9.95. The van der Waals surface area contributed by atoms with Gasteiger partial charge >= 0.3 is 6.09 Å². The smallest absolute Gasteiger partial charge is 0.410 e. The SMILES string of the molecule is CC(C)(C)OC(=O)N1CCN(c2cc(NC3CCCCC3)nc3cc(Cl)ccc23)CC1. The topological polar surface area (TPSA) is 57.7 Å². The molecule has 2 fully saturated rings. The van der Waals surface area contributed by atoms with Gasteiger partial charge in [0.05, 0.1) is 5.52 Å². The second-order valence-electron chi connectivity index (χ2n) is 9.62. The van der Waals surface area contributed by atoms with Crippen LogP contribution in [0.25, 0.3) is 10.9 Å². The first kappa shape index (κ1) is 22.0. The first-order chi connectivity index (χ1) is 14.8. The van der Waals surface area contributed by atoms with Crippen LogP contribution in [0.1, 0.15) is 52.9 Å². The third kappa shape index (κ3) is 5.53. The highest BCUT2D eigenvalue weighted by Gasteiger charge is 2.27. The van der Waals surface area contributed by atoms with Crippen molar-refractivity contribution in [3.05, 3.63) is 29.3 Å². The number of pyridine rings is 1. The molecule has 7 heteroatoms. The summed E-state index contributed by atoms with van der Waals surface area (Å²) in [5.41, 5.74) is 1.57. The number of halogens is 1. The quantitative estimate of drug-likeness (QED) is 0.658. The number of benzene rings is 1. The van der Waals surface area contributed by atoms with E-state index in [0.717, 1.165) is 35.5 Å². The number of hydrogen-bond acceptors (Lipinski definition) is 5. The monoisotopic (exact) mass is 444 g/mol. The van der Waals surface area contributed by atoms with Crippen molar-refractivity contribution < 1.29 is 9.53 Å². The summed E-state index contributed by atoms with van der Waals surface area (Å²) in [6.45, 7) is 8.48. The van der Waals surface area contributed by atoms with Gasteiger partial charge in [-0.05, 0) is 51.8 Å². The predicted octanol–water partition coefficient (Wildman–Crippen LogP) is 5.69. The number of nitrogens with zero attached hydrogens (tertiary/aromatic N) is 3. The Hall–Kier alpha value is -2.21. The fraction of sp³-hybridized carbons (Fsp3) is 0.583. The predicted molar refractivity (Wildman–Crippen MR) is 127 cm³/mol. The van der Waals surface area contributed by atoms with Crippen LogP contribution in [-0.4, -0.2) is 53.8 Å². The van der Waals surface area contributed by atoms with E-state index in [1.165, 1.54) is 32.1 Å². The summed E-state index contributed by atoms with van der Waals surface area (Å²) in [4.78, 5) is 21.4. The summed E-state index contributed by atoms with van der Waals surface area (Å²) in [6.07, 6.45) is 6.02. The molecule has 1 aromatic carbocycles. The summed E-state index contributed by atoms with van der Waals surface area (Å²) in [5, 5.41) is 5.44. The number of piperazine rings is 1. The molecule has 2 heterocycles. The molecule has 0 spiro atoms. The van der Waals surface area contributed by atoms with Crippen LogP contribution in [0, 0.1) is 0 Å². The number of nitrogens with one attached hydrogen (secondary N) is 1. The molecule has 1 saturated heterocycles. The molecule has 2 aliphatic rings. The number of hydrogen-bond donors (Lipinski definition) is 1. The van der Waals surface area contributed by atoms with Crippen molar-refractivity contribution in [2.45, 2.75) is 64.5 Å². The van der Waals surface area contributed by atoms with Crippen molar-refractivity contribution in [2.75, 3.05) is 36.4 Å². The number of aromatic nitrogens is 1. The third-order valence-corrected chi connectivity index (χ3v) is 6.21. The van der Waals surface area contributed by atoms with Gasteiger partial charge in [0.2, 0.25) is 0 Å². The molecule has 0 radical (unpaired) electrons. The van der Waals surface area contributed by atoms with Gasteiger partial charge in [-0.1, -0.05) is 30.9 Å². The van der Waals surface area contributed by atoms with Gasteiger partial charge in [-0.3, -0.25) is 0 Å². The van der Waals surface area contributed by atoms with Crippen molar-refractivity contribution in [3.63, 3.8) is 0 Å². The van der Waals surface area contributed by atoms with E-state index in [2.05, 4.69) is 16.3 Å². The van der Waals surface area contributed by atoms with Crippen LogP contribution in [0.2, 0.25) is 5.02 Å². The van der Waals surface area contributed by atoms with E-state index in [-0.39, 0.29) is 6.09 Å². The number of anilines is 2. The Morgan fingerprint density at radius 3 is 2.48 bits per heavy atom. The average Bonchev–Trinajstić information content (AvgIpc) is 2.72. The zero-order valence-electron chi connectivity index (χ0n) is 18.8. The maximum absolute atomic E-state index is 12.4. The molecule has 168 valence electrons. The lowest BCUT2D eigenvalue weighted by molar-refractivity contribution is 0.0240. The fourth-order valence-electron chi connectivity index (χ4n) is 4.43. The molecule has 1 saturated carbocycles. The van der Waals surface area contributed by atoms with Gasteiger partial charge in [0.15, 0.2) is 0 Å². The Kier molecular flexibility index (Phi) is 6.47. The Morgan fingerprint density at radius 1 is 1.10 bits per heavy atom. The highest BCUT2D eigenvalue weighted by Crippen LogP contribution is 2.32. The Bertz CT molecular complexity index is 929. The van der Waals surface area contributed by atoms with E-state index in [1.54, 1.807) is 4.90 Å². The van der Waals surface area contributed by atoms with E-state index >= 15 is 0 Å². The van der Waals surface area contributed by atoms with Crippen LogP contribution in [0.4, 0.5) is 16.3 Å². The molecule has 1 aromatic heterocycles. The summed E-state index contributed by atoms with van der Waals surface area (Å²) >= 11 is 6.28. The normalized spacial score (nSPS) is 18.3. The molecule has 0 unspecified atom stereocenters. The number of carbonyl (C=O) groups excluding carboxylic acids is 1. The highest BCUT2D eigenvalue weighted by molar-refractivity contribution is 6.31. The molecule has 6 nitrogen and oxygen atoms in total.